The summed E-state index contributed by atoms with van der Waals surface area (Å²) in [5.41, 5.74) is 1.86. The molecule has 1 amide bonds. The van der Waals surface area contributed by atoms with E-state index in [4.69, 9.17) is 0 Å². The molecular weight excluding hydrogens is 360 g/mol. The first-order chi connectivity index (χ1) is 13.1. The molecule has 6 nitrogen and oxygen atoms in total. The van der Waals surface area contributed by atoms with Crippen LogP contribution in [0.2, 0.25) is 0 Å². The molecule has 0 N–H and O–H groups in total. The van der Waals surface area contributed by atoms with E-state index >= 15 is 0 Å². The van der Waals surface area contributed by atoms with Gasteiger partial charge in [0.05, 0.1) is 5.75 Å². The Labute approximate surface area is 166 Å². The molecule has 0 bridgehead atoms. The number of benzene rings is 1. The number of nitrogens with zero attached hydrogens (tertiary/aromatic N) is 4. The molecule has 0 radical (unpaired) electrons. The molecule has 2 heterocycles. The lowest BCUT2D eigenvalue weighted by Crippen LogP contribution is -2.50. The van der Waals surface area contributed by atoms with Crippen molar-refractivity contribution in [3.8, 4) is 0 Å². The molecule has 148 valence electrons. The lowest BCUT2D eigenvalue weighted by Gasteiger charge is -2.37. The Morgan fingerprint density at radius 2 is 1.56 bits per heavy atom. The number of ketones is 1. The number of amides is 1. The molecule has 2 aliphatic rings. The largest absolute Gasteiger partial charge is 0.368 e. The summed E-state index contributed by atoms with van der Waals surface area (Å²) in [5.74, 6) is 0.870. The van der Waals surface area contributed by atoms with E-state index in [1.165, 1.54) is 0 Å². The van der Waals surface area contributed by atoms with Crippen LogP contribution in [0.3, 0.4) is 0 Å². The summed E-state index contributed by atoms with van der Waals surface area (Å²) in [7, 11) is 0. The number of rotatable bonds is 6. The Bertz CT molecular complexity index is 636. The van der Waals surface area contributed by atoms with E-state index in [2.05, 4.69) is 21.0 Å². The topological polar surface area (TPSA) is 47.1 Å². The number of hydrogen-bond donors (Lipinski definition) is 0. The summed E-state index contributed by atoms with van der Waals surface area (Å²) < 4.78 is 2.33. The monoisotopic (exact) mass is 390 g/mol. The van der Waals surface area contributed by atoms with Gasteiger partial charge in [0.25, 0.3) is 0 Å². The quantitative estimate of drug-likeness (QED) is 0.546. The number of carbonyl (C=O) groups is 2. The van der Waals surface area contributed by atoms with E-state index in [1.807, 2.05) is 29.2 Å². The third-order valence-corrected chi connectivity index (χ3v) is 6.53. The van der Waals surface area contributed by atoms with Crippen LogP contribution in [0, 0.1) is 0 Å². The number of anilines is 1. The van der Waals surface area contributed by atoms with Gasteiger partial charge in [0, 0.05) is 63.6 Å². The van der Waals surface area contributed by atoms with Gasteiger partial charge in [0.15, 0.2) is 5.78 Å². The predicted octanol–water partition coefficient (Wildman–Crippen LogP) is 1.82. The Kier molecular flexibility index (Phi) is 7.15. The van der Waals surface area contributed by atoms with Crippen molar-refractivity contribution < 1.29 is 9.59 Å². The van der Waals surface area contributed by atoms with E-state index in [0.717, 1.165) is 70.2 Å². The van der Waals surface area contributed by atoms with E-state index in [-0.39, 0.29) is 11.7 Å². The Hall–Kier alpha value is -1.57. The van der Waals surface area contributed by atoms with Crippen LogP contribution in [0.4, 0.5) is 5.69 Å². The van der Waals surface area contributed by atoms with Gasteiger partial charge in [-0.3, -0.25) is 9.59 Å². The maximum atomic E-state index is 12.5. The van der Waals surface area contributed by atoms with Crippen LogP contribution in [0.1, 0.15) is 24.2 Å². The van der Waals surface area contributed by atoms with Gasteiger partial charge in [-0.2, -0.15) is 0 Å². The number of piperazine rings is 2. The van der Waals surface area contributed by atoms with Crippen molar-refractivity contribution in [3.05, 3.63) is 29.8 Å². The van der Waals surface area contributed by atoms with Crippen LogP contribution in [0.5, 0.6) is 0 Å². The molecule has 7 heteroatoms. The summed E-state index contributed by atoms with van der Waals surface area (Å²) in [5, 5.41) is 0. The Morgan fingerprint density at radius 3 is 2.11 bits per heavy atom. The van der Waals surface area contributed by atoms with Crippen molar-refractivity contribution in [1.29, 1.82) is 0 Å². The SMILES string of the molecule is CCN1CCN(SCC(=O)N2CCN(c3ccc(C(C)=O)cc3)CC2)CC1. The van der Waals surface area contributed by atoms with E-state index in [1.54, 1.807) is 18.9 Å². The predicted molar refractivity (Wildman–Crippen MR) is 111 cm³/mol. The highest BCUT2D eigenvalue weighted by atomic mass is 32.2. The molecular formula is C20H30N4O2S. The van der Waals surface area contributed by atoms with E-state index in [0.29, 0.717) is 5.75 Å². The molecule has 1 aromatic rings. The zero-order valence-electron chi connectivity index (χ0n) is 16.4. The molecule has 3 rings (SSSR count). The highest BCUT2D eigenvalue weighted by molar-refractivity contribution is 7.97. The normalized spacial score (nSPS) is 19.3. The number of likely N-dealkylation sites (N-methyl/N-ethyl adjacent to an activating group) is 1. The maximum absolute atomic E-state index is 12.5. The van der Waals surface area contributed by atoms with Gasteiger partial charge >= 0.3 is 0 Å². The minimum atomic E-state index is 0.0885. The standard InChI is InChI=1S/C20H30N4O2S/c1-3-21-8-14-24(15-9-21)27-16-20(26)23-12-10-22(11-13-23)19-6-4-18(5-7-19)17(2)25/h4-7H,3,8-16H2,1-2H3. The van der Waals surface area contributed by atoms with Crippen LogP contribution < -0.4 is 4.90 Å². The van der Waals surface area contributed by atoms with Gasteiger partial charge in [-0.05, 0) is 37.7 Å². The fourth-order valence-electron chi connectivity index (χ4n) is 3.53. The third kappa shape index (κ3) is 5.46. The van der Waals surface area contributed by atoms with Gasteiger partial charge in [-0.25, -0.2) is 4.31 Å². The maximum Gasteiger partial charge on any atom is 0.234 e. The first-order valence-electron chi connectivity index (χ1n) is 9.80. The molecule has 0 aromatic heterocycles. The van der Waals surface area contributed by atoms with Crippen molar-refractivity contribution in [2.24, 2.45) is 0 Å². The molecule has 27 heavy (non-hydrogen) atoms. The van der Waals surface area contributed by atoms with Crippen LogP contribution in [-0.4, -0.2) is 90.5 Å². The summed E-state index contributed by atoms with van der Waals surface area (Å²) in [6.07, 6.45) is 0. The van der Waals surface area contributed by atoms with Crippen molar-refractivity contribution in [2.75, 3.05) is 69.6 Å². The molecule has 2 saturated heterocycles. The van der Waals surface area contributed by atoms with Crippen molar-refractivity contribution in [2.45, 2.75) is 13.8 Å². The summed E-state index contributed by atoms with van der Waals surface area (Å²) >= 11 is 1.68. The van der Waals surface area contributed by atoms with Crippen LogP contribution in [-0.2, 0) is 4.79 Å². The first kappa shape index (κ1) is 20.2. The van der Waals surface area contributed by atoms with Crippen molar-refractivity contribution >= 4 is 29.3 Å². The molecule has 0 spiro atoms. The molecule has 0 aliphatic carbocycles. The second kappa shape index (κ2) is 9.57. The summed E-state index contributed by atoms with van der Waals surface area (Å²) in [6.45, 7) is 12.4. The minimum Gasteiger partial charge on any atom is -0.368 e. The first-order valence-corrected chi connectivity index (χ1v) is 10.7. The van der Waals surface area contributed by atoms with E-state index < -0.39 is 0 Å². The molecule has 2 fully saturated rings. The Morgan fingerprint density at radius 1 is 0.926 bits per heavy atom. The summed E-state index contributed by atoms with van der Waals surface area (Å²) in [4.78, 5) is 30.6. The van der Waals surface area contributed by atoms with Gasteiger partial charge in [-0.15, -0.1) is 0 Å². The van der Waals surface area contributed by atoms with Gasteiger partial charge in [-0.1, -0.05) is 18.9 Å². The Balaban J connectivity index is 1.40. The smallest absolute Gasteiger partial charge is 0.234 e. The summed E-state index contributed by atoms with van der Waals surface area (Å²) in [6, 6.07) is 7.76. The molecule has 1 aromatic carbocycles. The lowest BCUT2D eigenvalue weighted by molar-refractivity contribution is -0.128. The zero-order valence-corrected chi connectivity index (χ0v) is 17.2. The molecule has 0 atom stereocenters. The molecule has 2 aliphatic heterocycles. The highest BCUT2D eigenvalue weighted by Crippen LogP contribution is 2.19. The van der Waals surface area contributed by atoms with Gasteiger partial charge in [0.2, 0.25) is 5.91 Å². The fourth-order valence-corrected chi connectivity index (χ4v) is 4.43. The fraction of sp³-hybridized carbons (Fsp3) is 0.600. The minimum absolute atomic E-state index is 0.0885. The van der Waals surface area contributed by atoms with Crippen LogP contribution in [0.25, 0.3) is 0 Å². The second-order valence-corrected chi connectivity index (χ2v) is 8.17. The zero-order chi connectivity index (χ0) is 19.2. The van der Waals surface area contributed by atoms with Gasteiger partial charge in [0.1, 0.15) is 0 Å². The number of hydrogen-bond acceptors (Lipinski definition) is 6. The number of carbonyl (C=O) groups excluding carboxylic acids is 2. The second-order valence-electron chi connectivity index (χ2n) is 7.11. The number of Topliss-reactive ketones (excluding diaryl/α,β-unsaturated/α-hetero) is 1. The van der Waals surface area contributed by atoms with Gasteiger partial charge < -0.3 is 14.7 Å². The average molecular weight is 391 g/mol. The van der Waals surface area contributed by atoms with Crippen molar-refractivity contribution in [3.63, 3.8) is 0 Å². The van der Waals surface area contributed by atoms with Crippen molar-refractivity contribution in [1.82, 2.24) is 14.1 Å². The third-order valence-electron chi connectivity index (χ3n) is 5.42. The molecule has 0 unspecified atom stereocenters. The van der Waals surface area contributed by atoms with Crippen LogP contribution in [0.15, 0.2) is 24.3 Å². The van der Waals surface area contributed by atoms with E-state index in [9.17, 15) is 9.59 Å². The average Bonchev–Trinajstić information content (AvgIpc) is 2.72. The van der Waals surface area contributed by atoms with Crippen LogP contribution >= 0.6 is 11.9 Å². The highest BCUT2D eigenvalue weighted by Gasteiger charge is 2.23. The lowest BCUT2D eigenvalue weighted by atomic mass is 10.1. The molecule has 0 saturated carbocycles.